The van der Waals surface area contributed by atoms with Crippen LogP contribution in [-0.2, 0) is 0 Å². The molecule has 0 radical (unpaired) electrons. The molecule has 0 bridgehead atoms. The normalized spacial score (nSPS) is 15.0. The summed E-state index contributed by atoms with van der Waals surface area (Å²) in [5, 5.41) is 13.7. The van der Waals surface area contributed by atoms with Crippen molar-refractivity contribution in [2.24, 2.45) is 0 Å². The second-order valence-electron chi connectivity index (χ2n) is 6.00. The van der Waals surface area contributed by atoms with Crippen molar-refractivity contribution in [3.05, 3.63) is 39.7 Å². The zero-order chi connectivity index (χ0) is 17.8. The van der Waals surface area contributed by atoms with E-state index in [9.17, 15) is 9.59 Å². The number of carbonyl (C=O) groups excluding carboxylic acids is 2. The zero-order valence-electron chi connectivity index (χ0n) is 14.3. The smallest absolute Gasteiger partial charge is 0.271 e. The van der Waals surface area contributed by atoms with Gasteiger partial charge >= 0.3 is 0 Å². The number of nitrogens with zero attached hydrogens (tertiary/aromatic N) is 3. The van der Waals surface area contributed by atoms with Crippen molar-refractivity contribution in [1.29, 1.82) is 0 Å². The molecule has 7 nitrogen and oxygen atoms in total. The van der Waals surface area contributed by atoms with Crippen molar-refractivity contribution in [2.45, 2.75) is 25.8 Å². The van der Waals surface area contributed by atoms with Gasteiger partial charge in [0.15, 0.2) is 11.5 Å². The fourth-order valence-corrected chi connectivity index (χ4v) is 3.58. The standard InChI is InChI=1S/C17H21N5O2S/c1-11-3-5-14(25-11)17(24)19-12-7-9-22(10-8-12)15-6-4-13(20-21-15)16(23)18-2/h3-6,12H,7-10H2,1-2H3,(H,18,23)(H,19,24). The Morgan fingerprint density at radius 1 is 1.12 bits per heavy atom. The van der Waals surface area contributed by atoms with Crippen LogP contribution in [-0.4, -0.2) is 48.2 Å². The number of hydrogen-bond donors (Lipinski definition) is 2. The lowest BCUT2D eigenvalue weighted by atomic mass is 10.0. The average Bonchev–Trinajstić information content (AvgIpc) is 3.08. The van der Waals surface area contributed by atoms with Crippen molar-refractivity contribution >= 4 is 29.0 Å². The highest BCUT2D eigenvalue weighted by Gasteiger charge is 2.22. The number of aryl methyl sites for hydroxylation is 1. The number of nitrogens with one attached hydrogen (secondary N) is 2. The Hall–Kier alpha value is -2.48. The lowest BCUT2D eigenvalue weighted by Crippen LogP contribution is -2.44. The number of thiophene rings is 1. The van der Waals surface area contributed by atoms with E-state index in [2.05, 4.69) is 25.7 Å². The Morgan fingerprint density at radius 2 is 1.88 bits per heavy atom. The predicted molar refractivity (Wildman–Crippen MR) is 97.2 cm³/mol. The molecule has 2 amide bonds. The van der Waals surface area contributed by atoms with Crippen LogP contribution >= 0.6 is 11.3 Å². The molecular formula is C17H21N5O2S. The highest BCUT2D eigenvalue weighted by Crippen LogP contribution is 2.19. The summed E-state index contributed by atoms with van der Waals surface area (Å²) in [5.41, 5.74) is 0.305. The summed E-state index contributed by atoms with van der Waals surface area (Å²) in [5.74, 6) is 0.516. The van der Waals surface area contributed by atoms with Crippen LogP contribution in [0, 0.1) is 6.92 Å². The maximum Gasteiger partial charge on any atom is 0.271 e. The summed E-state index contributed by atoms with van der Waals surface area (Å²) in [4.78, 5) is 27.8. The van der Waals surface area contributed by atoms with Gasteiger partial charge in [-0.15, -0.1) is 21.5 Å². The van der Waals surface area contributed by atoms with E-state index in [0.717, 1.165) is 41.5 Å². The topological polar surface area (TPSA) is 87.2 Å². The van der Waals surface area contributed by atoms with Crippen molar-refractivity contribution in [2.75, 3.05) is 25.0 Å². The number of amides is 2. The molecule has 2 N–H and O–H groups in total. The van der Waals surface area contributed by atoms with Crippen molar-refractivity contribution < 1.29 is 9.59 Å². The molecule has 3 heterocycles. The summed E-state index contributed by atoms with van der Waals surface area (Å²) in [6, 6.07) is 7.49. The minimum absolute atomic E-state index is 0.00581. The quantitative estimate of drug-likeness (QED) is 0.866. The number of anilines is 1. The van der Waals surface area contributed by atoms with Crippen LogP contribution in [0.15, 0.2) is 24.3 Å². The third-order valence-corrected chi connectivity index (χ3v) is 5.23. The van der Waals surface area contributed by atoms with Crippen molar-refractivity contribution in [3.63, 3.8) is 0 Å². The fourth-order valence-electron chi connectivity index (χ4n) is 2.81. The summed E-state index contributed by atoms with van der Waals surface area (Å²) in [7, 11) is 1.56. The number of rotatable bonds is 4. The molecule has 0 aromatic carbocycles. The van der Waals surface area contributed by atoms with E-state index in [1.807, 2.05) is 25.1 Å². The number of carbonyl (C=O) groups is 2. The van der Waals surface area contributed by atoms with Gasteiger partial charge in [-0.25, -0.2) is 0 Å². The van der Waals surface area contributed by atoms with Crippen molar-refractivity contribution in [3.8, 4) is 0 Å². The van der Waals surface area contributed by atoms with E-state index in [-0.39, 0.29) is 17.9 Å². The van der Waals surface area contributed by atoms with Crippen LogP contribution < -0.4 is 15.5 Å². The molecule has 0 aliphatic carbocycles. The molecular weight excluding hydrogens is 338 g/mol. The van der Waals surface area contributed by atoms with E-state index < -0.39 is 0 Å². The van der Waals surface area contributed by atoms with Gasteiger partial charge in [0, 0.05) is 31.1 Å². The van der Waals surface area contributed by atoms with Crippen molar-refractivity contribution in [1.82, 2.24) is 20.8 Å². The van der Waals surface area contributed by atoms with Gasteiger partial charge in [0.05, 0.1) is 4.88 Å². The second kappa shape index (κ2) is 7.60. The Balaban J connectivity index is 1.53. The Kier molecular flexibility index (Phi) is 5.28. The largest absolute Gasteiger partial charge is 0.355 e. The highest BCUT2D eigenvalue weighted by molar-refractivity contribution is 7.13. The van der Waals surface area contributed by atoms with Gasteiger partial charge in [0.2, 0.25) is 0 Å². The first kappa shape index (κ1) is 17.3. The summed E-state index contributed by atoms with van der Waals surface area (Å²) >= 11 is 1.51. The Morgan fingerprint density at radius 3 is 2.44 bits per heavy atom. The molecule has 0 unspecified atom stereocenters. The molecule has 1 fully saturated rings. The van der Waals surface area contributed by atoms with Crippen LogP contribution in [0.3, 0.4) is 0 Å². The van der Waals surface area contributed by atoms with Crippen LogP contribution in [0.5, 0.6) is 0 Å². The van der Waals surface area contributed by atoms with Gasteiger partial charge in [-0.1, -0.05) is 0 Å². The van der Waals surface area contributed by atoms with E-state index in [0.29, 0.717) is 5.69 Å². The van der Waals surface area contributed by atoms with Gasteiger partial charge in [0.25, 0.3) is 11.8 Å². The van der Waals surface area contributed by atoms with E-state index in [4.69, 9.17) is 0 Å². The van der Waals surface area contributed by atoms with Crippen LogP contribution in [0.25, 0.3) is 0 Å². The Bertz CT molecular complexity index is 751. The molecule has 132 valence electrons. The van der Waals surface area contributed by atoms with Gasteiger partial charge in [0.1, 0.15) is 0 Å². The molecule has 0 spiro atoms. The molecule has 1 aliphatic rings. The third kappa shape index (κ3) is 4.14. The molecule has 0 atom stereocenters. The number of aromatic nitrogens is 2. The van der Waals surface area contributed by atoms with Gasteiger partial charge in [-0.2, -0.15) is 0 Å². The first-order valence-corrected chi connectivity index (χ1v) is 9.06. The summed E-state index contributed by atoms with van der Waals surface area (Å²) < 4.78 is 0. The van der Waals surface area contributed by atoms with Crippen LogP contribution in [0.1, 0.15) is 37.9 Å². The lowest BCUT2D eigenvalue weighted by molar-refractivity contribution is 0.0933. The monoisotopic (exact) mass is 359 g/mol. The third-order valence-electron chi connectivity index (χ3n) is 4.23. The SMILES string of the molecule is CNC(=O)c1ccc(N2CCC(NC(=O)c3ccc(C)s3)CC2)nn1. The van der Waals surface area contributed by atoms with E-state index in [1.165, 1.54) is 11.3 Å². The average molecular weight is 359 g/mol. The van der Waals surface area contributed by atoms with Gasteiger partial charge < -0.3 is 15.5 Å². The zero-order valence-corrected chi connectivity index (χ0v) is 15.1. The van der Waals surface area contributed by atoms with Gasteiger partial charge in [-0.3, -0.25) is 9.59 Å². The molecule has 2 aromatic heterocycles. The predicted octanol–water partition coefficient (Wildman–Crippen LogP) is 1.60. The van der Waals surface area contributed by atoms with E-state index in [1.54, 1.807) is 13.1 Å². The van der Waals surface area contributed by atoms with Crippen LogP contribution in [0.2, 0.25) is 0 Å². The highest BCUT2D eigenvalue weighted by atomic mass is 32.1. The first-order valence-electron chi connectivity index (χ1n) is 8.25. The summed E-state index contributed by atoms with van der Waals surface area (Å²) in [6.45, 7) is 3.58. The lowest BCUT2D eigenvalue weighted by Gasteiger charge is -2.32. The maximum atomic E-state index is 12.2. The fraction of sp³-hybridized carbons (Fsp3) is 0.412. The minimum atomic E-state index is -0.246. The van der Waals surface area contributed by atoms with Crippen LogP contribution in [0.4, 0.5) is 5.82 Å². The first-order chi connectivity index (χ1) is 12.1. The molecule has 0 saturated carbocycles. The molecule has 1 saturated heterocycles. The molecule has 25 heavy (non-hydrogen) atoms. The number of hydrogen-bond acceptors (Lipinski definition) is 6. The molecule has 1 aliphatic heterocycles. The molecule has 3 rings (SSSR count). The van der Waals surface area contributed by atoms with Gasteiger partial charge in [-0.05, 0) is 44.0 Å². The number of piperidine rings is 1. The maximum absolute atomic E-state index is 12.2. The summed E-state index contributed by atoms with van der Waals surface area (Å²) in [6.07, 6.45) is 1.71. The second-order valence-corrected chi connectivity index (χ2v) is 7.29. The minimum Gasteiger partial charge on any atom is -0.355 e. The van der Waals surface area contributed by atoms with E-state index >= 15 is 0 Å². The molecule has 2 aromatic rings. The Labute approximate surface area is 150 Å². The molecule has 8 heteroatoms.